The van der Waals surface area contributed by atoms with Gasteiger partial charge in [0.25, 0.3) is 11.8 Å². The standard InChI is InChI=1S/C19H29N5O4S/c1-11(18(26)22-12-6-3-2-4-7-12)24(10-13-8-5-9-28-13)19(27)16-14(20)15(17(21)25)23-29-16/h11-13H,2-10,20H2,1H3,(H2,21,25)(H,22,26). The van der Waals surface area contributed by atoms with Gasteiger partial charge in [-0.2, -0.15) is 4.37 Å². The summed E-state index contributed by atoms with van der Waals surface area (Å²) in [4.78, 5) is 39.2. The van der Waals surface area contributed by atoms with Crippen LogP contribution in [0.2, 0.25) is 0 Å². The summed E-state index contributed by atoms with van der Waals surface area (Å²) in [7, 11) is 0. The summed E-state index contributed by atoms with van der Waals surface area (Å²) in [5, 5.41) is 3.08. The molecule has 2 atom stereocenters. The summed E-state index contributed by atoms with van der Waals surface area (Å²) in [5.41, 5.74) is 11.1. The summed E-state index contributed by atoms with van der Waals surface area (Å²) >= 11 is 0.824. The number of nitrogens with one attached hydrogen (secondary N) is 1. The van der Waals surface area contributed by atoms with Gasteiger partial charge in [-0.15, -0.1) is 0 Å². The van der Waals surface area contributed by atoms with Gasteiger partial charge in [-0.1, -0.05) is 19.3 Å². The van der Waals surface area contributed by atoms with Crippen molar-refractivity contribution in [3.63, 3.8) is 0 Å². The molecule has 1 saturated carbocycles. The van der Waals surface area contributed by atoms with Crippen LogP contribution in [-0.2, 0) is 9.53 Å². The maximum Gasteiger partial charge on any atom is 0.270 e. The highest BCUT2D eigenvalue weighted by Gasteiger charge is 2.34. The van der Waals surface area contributed by atoms with Crippen LogP contribution in [0.1, 0.15) is 72.0 Å². The Kier molecular flexibility index (Phi) is 7.07. The van der Waals surface area contributed by atoms with Crippen LogP contribution in [0.3, 0.4) is 0 Å². The Balaban J connectivity index is 1.78. The maximum atomic E-state index is 13.3. The van der Waals surface area contributed by atoms with E-state index in [0.29, 0.717) is 6.61 Å². The second kappa shape index (κ2) is 9.53. The van der Waals surface area contributed by atoms with E-state index < -0.39 is 17.9 Å². The van der Waals surface area contributed by atoms with Crippen molar-refractivity contribution in [3.8, 4) is 0 Å². The van der Waals surface area contributed by atoms with Crippen LogP contribution in [0.15, 0.2) is 0 Å². The maximum absolute atomic E-state index is 13.3. The third kappa shape index (κ3) is 5.05. The molecular weight excluding hydrogens is 394 g/mol. The fourth-order valence-electron chi connectivity index (χ4n) is 3.89. The van der Waals surface area contributed by atoms with Crippen molar-refractivity contribution >= 4 is 34.9 Å². The number of hydrogen-bond donors (Lipinski definition) is 3. The molecule has 160 valence electrons. The van der Waals surface area contributed by atoms with Crippen molar-refractivity contribution in [2.45, 2.75) is 70.1 Å². The largest absolute Gasteiger partial charge is 0.395 e. The van der Waals surface area contributed by atoms with Gasteiger partial charge >= 0.3 is 0 Å². The molecule has 2 aliphatic rings. The minimum Gasteiger partial charge on any atom is -0.395 e. The lowest BCUT2D eigenvalue weighted by atomic mass is 9.95. The van der Waals surface area contributed by atoms with Crippen molar-refractivity contribution in [1.82, 2.24) is 14.6 Å². The lowest BCUT2D eigenvalue weighted by molar-refractivity contribution is -0.126. The molecule has 0 radical (unpaired) electrons. The molecule has 0 aromatic carbocycles. The highest BCUT2D eigenvalue weighted by atomic mass is 32.1. The highest BCUT2D eigenvalue weighted by Crippen LogP contribution is 2.26. The van der Waals surface area contributed by atoms with Crippen LogP contribution < -0.4 is 16.8 Å². The predicted octanol–water partition coefficient (Wildman–Crippen LogP) is 1.28. The Bertz CT molecular complexity index is 756. The first kappa shape index (κ1) is 21.5. The van der Waals surface area contributed by atoms with Gasteiger partial charge in [0, 0.05) is 19.2 Å². The van der Waals surface area contributed by atoms with Crippen LogP contribution in [0.4, 0.5) is 5.69 Å². The summed E-state index contributed by atoms with van der Waals surface area (Å²) in [6.07, 6.45) is 6.93. The number of anilines is 1. The van der Waals surface area contributed by atoms with E-state index in [1.807, 2.05) is 0 Å². The minimum atomic E-state index is -0.786. The predicted molar refractivity (Wildman–Crippen MR) is 110 cm³/mol. The highest BCUT2D eigenvalue weighted by molar-refractivity contribution is 7.09. The second-order valence-corrected chi connectivity index (χ2v) is 8.52. The average molecular weight is 424 g/mol. The van der Waals surface area contributed by atoms with E-state index in [0.717, 1.165) is 50.1 Å². The van der Waals surface area contributed by atoms with Crippen molar-refractivity contribution < 1.29 is 19.1 Å². The van der Waals surface area contributed by atoms with Crippen molar-refractivity contribution in [3.05, 3.63) is 10.6 Å². The van der Waals surface area contributed by atoms with Crippen LogP contribution in [0, 0.1) is 0 Å². The Morgan fingerprint density at radius 1 is 1.24 bits per heavy atom. The molecular formula is C19H29N5O4S. The molecule has 3 amide bonds. The van der Waals surface area contributed by atoms with Crippen molar-refractivity contribution in [1.29, 1.82) is 0 Å². The van der Waals surface area contributed by atoms with Gasteiger partial charge in [-0.3, -0.25) is 14.4 Å². The van der Waals surface area contributed by atoms with E-state index in [9.17, 15) is 14.4 Å². The minimum absolute atomic E-state index is 0.0373. The Hall–Kier alpha value is -2.20. The average Bonchev–Trinajstić information content (AvgIpc) is 3.35. The zero-order valence-electron chi connectivity index (χ0n) is 16.7. The molecule has 1 aromatic rings. The molecule has 5 N–H and O–H groups in total. The zero-order valence-corrected chi connectivity index (χ0v) is 17.5. The number of rotatable bonds is 7. The number of hydrogen-bond acceptors (Lipinski definition) is 7. The van der Waals surface area contributed by atoms with E-state index in [1.54, 1.807) is 6.92 Å². The first-order valence-electron chi connectivity index (χ1n) is 10.2. The first-order valence-corrected chi connectivity index (χ1v) is 10.9. The number of carbonyl (C=O) groups is 3. The van der Waals surface area contributed by atoms with Gasteiger partial charge in [-0.25, -0.2) is 0 Å². The fraction of sp³-hybridized carbons (Fsp3) is 0.684. The van der Waals surface area contributed by atoms with Gasteiger partial charge in [0.2, 0.25) is 5.91 Å². The number of amides is 3. The lowest BCUT2D eigenvalue weighted by Gasteiger charge is -2.32. The monoisotopic (exact) mass is 423 g/mol. The normalized spacial score (nSPS) is 20.9. The topological polar surface area (TPSA) is 141 Å². The molecule has 10 heteroatoms. The summed E-state index contributed by atoms with van der Waals surface area (Å²) < 4.78 is 9.59. The number of aromatic nitrogens is 1. The van der Waals surface area contributed by atoms with Gasteiger partial charge in [0.05, 0.1) is 11.8 Å². The summed E-state index contributed by atoms with van der Waals surface area (Å²) in [5.74, 6) is -1.41. The molecule has 3 rings (SSSR count). The van der Waals surface area contributed by atoms with E-state index in [2.05, 4.69) is 9.69 Å². The molecule has 1 aliphatic heterocycles. The third-order valence-corrected chi connectivity index (χ3v) is 6.49. The summed E-state index contributed by atoms with van der Waals surface area (Å²) in [6, 6.07) is -0.555. The van der Waals surface area contributed by atoms with E-state index in [1.165, 1.54) is 11.3 Å². The second-order valence-electron chi connectivity index (χ2n) is 7.75. The quantitative estimate of drug-likeness (QED) is 0.603. The molecule has 29 heavy (non-hydrogen) atoms. The Labute approximate surface area is 174 Å². The molecule has 1 aromatic heterocycles. The van der Waals surface area contributed by atoms with Gasteiger partial charge < -0.3 is 26.4 Å². The van der Waals surface area contributed by atoms with Gasteiger partial charge in [-0.05, 0) is 44.1 Å². The molecule has 0 bridgehead atoms. The number of nitrogens with two attached hydrogens (primary N) is 2. The Morgan fingerprint density at radius 2 is 1.97 bits per heavy atom. The number of carbonyl (C=O) groups excluding carboxylic acids is 3. The number of nitrogens with zero attached hydrogens (tertiary/aromatic N) is 2. The molecule has 1 aliphatic carbocycles. The molecule has 0 spiro atoms. The first-order chi connectivity index (χ1) is 13.9. The number of nitrogen functional groups attached to an aromatic ring is 1. The fourth-order valence-corrected chi connectivity index (χ4v) is 4.66. The molecule has 2 heterocycles. The van der Waals surface area contributed by atoms with Gasteiger partial charge in [0.1, 0.15) is 10.9 Å². The molecule has 2 unspecified atom stereocenters. The molecule has 2 fully saturated rings. The summed E-state index contributed by atoms with van der Waals surface area (Å²) in [6.45, 7) is 2.63. The lowest BCUT2D eigenvalue weighted by Crippen LogP contribution is -2.52. The molecule has 1 saturated heterocycles. The van der Waals surface area contributed by atoms with Crippen LogP contribution in [0.25, 0.3) is 0 Å². The smallest absolute Gasteiger partial charge is 0.270 e. The van der Waals surface area contributed by atoms with E-state index in [-0.39, 0.29) is 40.9 Å². The third-order valence-electron chi connectivity index (χ3n) is 5.64. The number of primary amides is 1. The van der Waals surface area contributed by atoms with E-state index >= 15 is 0 Å². The van der Waals surface area contributed by atoms with Crippen LogP contribution >= 0.6 is 11.5 Å². The molecule has 9 nitrogen and oxygen atoms in total. The van der Waals surface area contributed by atoms with Crippen molar-refractivity contribution in [2.24, 2.45) is 5.73 Å². The number of ether oxygens (including phenoxy) is 1. The van der Waals surface area contributed by atoms with Crippen LogP contribution in [-0.4, -0.2) is 58.3 Å². The van der Waals surface area contributed by atoms with E-state index in [4.69, 9.17) is 16.2 Å². The van der Waals surface area contributed by atoms with Gasteiger partial charge in [0.15, 0.2) is 5.69 Å². The van der Waals surface area contributed by atoms with Crippen molar-refractivity contribution in [2.75, 3.05) is 18.9 Å². The zero-order chi connectivity index (χ0) is 21.0. The SMILES string of the molecule is CC(C(=O)NC1CCCCC1)N(CC1CCCO1)C(=O)c1snc(C(N)=O)c1N. The van der Waals surface area contributed by atoms with Crippen LogP contribution in [0.5, 0.6) is 0 Å². The Morgan fingerprint density at radius 3 is 2.55 bits per heavy atom.